The first-order chi connectivity index (χ1) is 16.6. The fourth-order valence-corrected chi connectivity index (χ4v) is 3.99. The van der Waals surface area contributed by atoms with Crippen molar-refractivity contribution in [1.82, 2.24) is 0 Å². The molecule has 196 valence electrons. The monoisotopic (exact) mass is 594 g/mol. The number of para-hydroxylation sites is 1. The van der Waals surface area contributed by atoms with E-state index in [4.69, 9.17) is 4.79 Å². The molecule has 0 saturated heterocycles. The first kappa shape index (κ1) is 37.7. The number of carbonyl (C=O) groups excluding carboxylic acids is 1. The SMILES string of the molecule is CBr.CC.CCCCCCCSc1ccc(-c2ccccc2N(C)SC)cc1.COCl.NC=O. The number of halogens is 2. The van der Waals surface area contributed by atoms with E-state index in [0.717, 1.165) is 0 Å². The Balaban J connectivity index is -0.000000834. The van der Waals surface area contributed by atoms with E-state index >= 15 is 0 Å². The van der Waals surface area contributed by atoms with Crippen molar-refractivity contribution in [3.63, 3.8) is 0 Å². The number of hydrogen-bond donors (Lipinski definition) is 1. The molecule has 0 spiro atoms. The predicted molar refractivity (Wildman–Crippen MR) is 163 cm³/mol. The smallest absolute Gasteiger partial charge is 0.204 e. The van der Waals surface area contributed by atoms with Crippen molar-refractivity contribution in [2.75, 3.05) is 36.3 Å². The van der Waals surface area contributed by atoms with Crippen molar-refractivity contribution in [3.05, 3.63) is 48.5 Å². The first-order valence-corrected chi connectivity index (χ1v) is 15.4. The molecule has 2 aromatic rings. The zero-order chi connectivity index (χ0) is 26.6. The van der Waals surface area contributed by atoms with Crippen molar-refractivity contribution in [2.24, 2.45) is 5.73 Å². The number of amides is 1. The molecule has 0 aromatic heterocycles. The summed E-state index contributed by atoms with van der Waals surface area (Å²) in [7, 11) is 3.51. The second-order valence-electron chi connectivity index (χ2n) is 6.27. The van der Waals surface area contributed by atoms with Crippen molar-refractivity contribution in [3.8, 4) is 11.1 Å². The van der Waals surface area contributed by atoms with Crippen LogP contribution in [-0.4, -0.2) is 38.4 Å². The summed E-state index contributed by atoms with van der Waals surface area (Å²) in [5, 5.41) is 0. The molecule has 8 heteroatoms. The van der Waals surface area contributed by atoms with E-state index < -0.39 is 0 Å². The van der Waals surface area contributed by atoms with Crippen molar-refractivity contribution >= 4 is 63.6 Å². The molecule has 0 radical (unpaired) electrons. The molecular weight excluding hydrogens is 552 g/mol. The molecule has 4 nitrogen and oxygen atoms in total. The third-order valence-electron chi connectivity index (χ3n) is 4.20. The average Bonchev–Trinajstić information content (AvgIpc) is 2.89. The Hall–Kier alpha value is -0.860. The van der Waals surface area contributed by atoms with Gasteiger partial charge in [-0.05, 0) is 41.8 Å². The Morgan fingerprint density at radius 1 is 1.03 bits per heavy atom. The number of hydrogen-bond acceptors (Lipinski definition) is 5. The lowest BCUT2D eigenvalue weighted by Crippen LogP contribution is -2.06. The normalized spacial score (nSPS) is 8.85. The summed E-state index contributed by atoms with van der Waals surface area (Å²) in [4.78, 5) is 9.96. The highest BCUT2D eigenvalue weighted by Gasteiger charge is 2.08. The molecule has 1 amide bonds. The van der Waals surface area contributed by atoms with Crippen molar-refractivity contribution in [2.45, 2.75) is 57.8 Å². The molecule has 0 aliphatic heterocycles. The number of nitrogens with two attached hydrogens (primary N) is 1. The fraction of sp³-hybridized carbons (Fsp3) is 0.500. The van der Waals surface area contributed by atoms with Crippen LogP contribution in [0.15, 0.2) is 53.4 Å². The quantitative estimate of drug-likeness (QED) is 0.0976. The van der Waals surface area contributed by atoms with E-state index in [0.29, 0.717) is 0 Å². The Labute approximate surface area is 231 Å². The molecule has 2 rings (SSSR count). The summed E-state index contributed by atoms with van der Waals surface area (Å²) < 4.78 is 5.94. The standard InChI is InChI=1S/C21H29NS2.C2H6.CH3Br.CH3ClO.CH3NO/c1-4-5-6-7-10-17-24-19-15-13-18(14-16-19)20-11-8-9-12-21(20)22(2)23-3;2*1-2;1-3-2;2-1-3/h8-9,11-16H,4-7,10,17H2,1-3H3;1-2H3;1H3;1H3;1H,(H2,2,3). The van der Waals surface area contributed by atoms with Crippen LogP contribution in [0.3, 0.4) is 0 Å². The van der Waals surface area contributed by atoms with Crippen LogP contribution in [0, 0.1) is 0 Å². The minimum atomic E-state index is 0.250. The molecule has 0 fully saturated rings. The van der Waals surface area contributed by atoms with Gasteiger partial charge in [0.15, 0.2) is 0 Å². The van der Waals surface area contributed by atoms with E-state index in [1.807, 2.05) is 31.4 Å². The molecule has 0 unspecified atom stereocenters. The summed E-state index contributed by atoms with van der Waals surface area (Å²) in [5.41, 5.74) is 8.02. The van der Waals surface area contributed by atoms with Crippen LogP contribution in [0.4, 0.5) is 5.69 Å². The largest absolute Gasteiger partial charge is 0.372 e. The lowest BCUT2D eigenvalue weighted by molar-refractivity contribution is -0.106. The highest BCUT2D eigenvalue weighted by atomic mass is 79.9. The molecule has 0 aliphatic rings. The highest BCUT2D eigenvalue weighted by Crippen LogP contribution is 2.33. The second-order valence-corrected chi connectivity index (χ2v) is 8.66. The Morgan fingerprint density at radius 3 is 2.03 bits per heavy atom. The van der Waals surface area contributed by atoms with Crippen molar-refractivity contribution < 1.29 is 9.08 Å². The maximum atomic E-state index is 8.58. The minimum absolute atomic E-state index is 0.250. The van der Waals surface area contributed by atoms with Gasteiger partial charge in [0.25, 0.3) is 0 Å². The van der Waals surface area contributed by atoms with Gasteiger partial charge in [-0.2, -0.15) is 0 Å². The molecular formula is C26H44BrClN2O2S2. The number of thioether (sulfide) groups is 1. The van der Waals surface area contributed by atoms with Crippen LogP contribution in [0.2, 0.25) is 0 Å². The number of carbonyl (C=O) groups is 1. The molecule has 2 aromatic carbocycles. The van der Waals surface area contributed by atoms with Crippen molar-refractivity contribution in [1.29, 1.82) is 0 Å². The number of anilines is 1. The summed E-state index contributed by atoms with van der Waals surface area (Å²) in [6.07, 6.45) is 9.14. The van der Waals surface area contributed by atoms with Crippen LogP contribution >= 0.6 is 51.5 Å². The summed E-state index contributed by atoms with van der Waals surface area (Å²) >= 11 is 11.2. The van der Waals surface area contributed by atoms with Gasteiger partial charge in [0.2, 0.25) is 6.41 Å². The van der Waals surface area contributed by atoms with Gasteiger partial charge in [-0.1, -0.05) is 105 Å². The van der Waals surface area contributed by atoms with E-state index in [1.165, 1.54) is 66.7 Å². The lowest BCUT2D eigenvalue weighted by Gasteiger charge is -2.19. The number of unbranched alkanes of at least 4 members (excludes halogenated alkanes) is 4. The molecule has 0 heterocycles. The maximum Gasteiger partial charge on any atom is 0.204 e. The molecule has 0 bridgehead atoms. The number of primary amides is 1. The van der Waals surface area contributed by atoms with Gasteiger partial charge >= 0.3 is 0 Å². The van der Waals surface area contributed by atoms with Gasteiger partial charge in [0, 0.05) is 23.8 Å². The van der Waals surface area contributed by atoms with Gasteiger partial charge < -0.3 is 10.0 Å². The molecule has 0 aliphatic carbocycles. The topological polar surface area (TPSA) is 55.6 Å². The van der Waals surface area contributed by atoms with E-state index in [-0.39, 0.29) is 6.41 Å². The third kappa shape index (κ3) is 19.4. The van der Waals surface area contributed by atoms with E-state index in [9.17, 15) is 0 Å². The van der Waals surface area contributed by atoms with Gasteiger partial charge in [-0.15, -0.1) is 11.8 Å². The maximum absolute atomic E-state index is 8.58. The van der Waals surface area contributed by atoms with Gasteiger partial charge in [-0.25, -0.2) is 0 Å². The number of alkyl halides is 1. The lowest BCUT2D eigenvalue weighted by atomic mass is 10.0. The molecule has 0 saturated carbocycles. The number of benzene rings is 2. The Morgan fingerprint density at radius 2 is 1.53 bits per heavy atom. The highest BCUT2D eigenvalue weighted by molar-refractivity contribution is 9.08. The molecule has 34 heavy (non-hydrogen) atoms. The summed E-state index contributed by atoms with van der Waals surface area (Å²) in [6, 6.07) is 17.7. The Bertz CT molecular complexity index is 680. The van der Waals surface area contributed by atoms with Gasteiger partial charge in [0.05, 0.1) is 24.7 Å². The predicted octanol–water partition coefficient (Wildman–Crippen LogP) is 9.06. The Kier molecular flexibility index (Phi) is 33.4. The van der Waals surface area contributed by atoms with Crippen LogP contribution in [0.5, 0.6) is 0 Å². The fourth-order valence-electron chi connectivity index (χ4n) is 2.72. The van der Waals surface area contributed by atoms with Crippen LogP contribution in [0.1, 0.15) is 52.9 Å². The summed E-state index contributed by atoms with van der Waals surface area (Å²) in [6.45, 7) is 6.27. The van der Waals surface area contributed by atoms with Gasteiger partial charge in [0.1, 0.15) is 0 Å². The second kappa shape index (κ2) is 30.2. The number of rotatable bonds is 10. The first-order valence-electron chi connectivity index (χ1n) is 11.4. The van der Waals surface area contributed by atoms with E-state index in [2.05, 4.69) is 111 Å². The van der Waals surface area contributed by atoms with Crippen LogP contribution < -0.4 is 10.0 Å². The third-order valence-corrected chi connectivity index (χ3v) is 6.04. The minimum Gasteiger partial charge on any atom is -0.372 e. The van der Waals surface area contributed by atoms with E-state index in [1.54, 1.807) is 11.9 Å². The van der Waals surface area contributed by atoms with Crippen LogP contribution in [0.25, 0.3) is 11.1 Å². The number of nitrogens with zero attached hydrogens (tertiary/aromatic N) is 1. The van der Waals surface area contributed by atoms with Gasteiger partial charge in [-0.3, -0.25) is 9.08 Å². The zero-order valence-electron chi connectivity index (χ0n) is 21.9. The zero-order valence-corrected chi connectivity index (χ0v) is 25.8. The van der Waals surface area contributed by atoms with Crippen LogP contribution in [-0.2, 0) is 9.08 Å². The average molecular weight is 596 g/mol. The molecule has 0 atom stereocenters. The summed E-state index contributed by atoms with van der Waals surface area (Å²) in [5.74, 6) is 3.04. The molecule has 2 N–H and O–H groups in total.